The summed E-state index contributed by atoms with van der Waals surface area (Å²) in [5.41, 5.74) is 4.28. The Hall–Kier alpha value is -0.960. The van der Waals surface area contributed by atoms with Crippen LogP contribution in [0.25, 0.3) is 0 Å². The Labute approximate surface area is 82.8 Å². The summed E-state index contributed by atoms with van der Waals surface area (Å²) in [4.78, 5) is 11.3. The topological polar surface area (TPSA) is 29.1 Å². The van der Waals surface area contributed by atoms with Crippen LogP contribution in [0, 0.1) is 13.8 Å². The number of rotatable bonds is 0. The molecule has 1 N–H and O–H groups in total. The first-order valence-corrected chi connectivity index (χ1v) is 4.72. The minimum atomic E-state index is -0.297. The van der Waals surface area contributed by atoms with E-state index in [-0.39, 0.29) is 11.2 Å². The molecule has 0 fully saturated rings. The lowest BCUT2D eigenvalue weighted by molar-refractivity contribution is -0.115. The molecule has 1 heterocycles. The molecule has 1 atom stereocenters. The Balaban J connectivity index is 2.64. The molecule has 0 radical (unpaired) electrons. The molecular weight excluding hydrogens is 182 g/mol. The highest BCUT2D eigenvalue weighted by atomic mass is 32.1. The van der Waals surface area contributed by atoms with E-state index in [1.807, 2.05) is 26.0 Å². The van der Waals surface area contributed by atoms with Gasteiger partial charge in [-0.2, -0.15) is 12.6 Å². The molecule has 68 valence electrons. The van der Waals surface area contributed by atoms with Crippen LogP contribution in [0.4, 0.5) is 5.69 Å². The highest BCUT2D eigenvalue weighted by Crippen LogP contribution is 2.37. The van der Waals surface area contributed by atoms with E-state index in [0.29, 0.717) is 0 Å². The van der Waals surface area contributed by atoms with Crippen molar-refractivity contribution in [1.82, 2.24) is 0 Å². The number of thiol groups is 1. The van der Waals surface area contributed by atoms with E-state index in [4.69, 9.17) is 0 Å². The van der Waals surface area contributed by atoms with E-state index in [2.05, 4.69) is 17.9 Å². The normalized spacial score (nSPS) is 19.9. The van der Waals surface area contributed by atoms with Crippen molar-refractivity contribution in [3.05, 3.63) is 28.8 Å². The lowest BCUT2D eigenvalue weighted by atomic mass is 10.0. The molecule has 2 rings (SSSR count). The molecule has 0 saturated carbocycles. The monoisotopic (exact) mass is 193 g/mol. The second-order valence-corrected chi connectivity index (χ2v) is 3.88. The summed E-state index contributed by atoms with van der Waals surface area (Å²) in [6.07, 6.45) is 0. The van der Waals surface area contributed by atoms with Crippen molar-refractivity contribution < 1.29 is 4.79 Å². The predicted molar refractivity (Wildman–Crippen MR) is 56.3 cm³/mol. The van der Waals surface area contributed by atoms with Crippen molar-refractivity contribution in [2.75, 3.05) is 5.32 Å². The minimum absolute atomic E-state index is 0.0213. The Morgan fingerprint density at radius 2 is 2.08 bits per heavy atom. The molecule has 1 unspecified atom stereocenters. The second-order valence-electron chi connectivity index (χ2n) is 3.36. The van der Waals surface area contributed by atoms with Crippen molar-refractivity contribution in [2.45, 2.75) is 19.1 Å². The zero-order chi connectivity index (χ0) is 9.59. The van der Waals surface area contributed by atoms with Crippen LogP contribution in [0.1, 0.15) is 21.9 Å². The quantitative estimate of drug-likeness (QED) is 0.608. The van der Waals surface area contributed by atoms with E-state index in [0.717, 1.165) is 16.8 Å². The van der Waals surface area contributed by atoms with Crippen molar-refractivity contribution in [3.63, 3.8) is 0 Å². The largest absolute Gasteiger partial charge is 0.324 e. The highest BCUT2D eigenvalue weighted by Gasteiger charge is 2.28. The van der Waals surface area contributed by atoms with Gasteiger partial charge in [0.15, 0.2) is 0 Å². The average molecular weight is 193 g/mol. The van der Waals surface area contributed by atoms with Gasteiger partial charge in [0, 0.05) is 5.69 Å². The Morgan fingerprint density at radius 3 is 2.77 bits per heavy atom. The average Bonchev–Trinajstić information content (AvgIpc) is 2.38. The fourth-order valence-corrected chi connectivity index (χ4v) is 1.84. The Morgan fingerprint density at radius 1 is 1.38 bits per heavy atom. The van der Waals surface area contributed by atoms with Crippen LogP contribution in [0.2, 0.25) is 0 Å². The molecule has 0 bridgehead atoms. The third-order valence-electron chi connectivity index (χ3n) is 2.56. The number of hydrogen-bond acceptors (Lipinski definition) is 2. The zero-order valence-electron chi connectivity index (χ0n) is 7.59. The Bertz CT molecular complexity index is 387. The van der Waals surface area contributed by atoms with Gasteiger partial charge in [-0.3, -0.25) is 4.79 Å². The third kappa shape index (κ3) is 1.15. The molecular formula is C10H11NOS. The number of hydrogen-bond donors (Lipinski definition) is 2. The third-order valence-corrected chi connectivity index (χ3v) is 3.07. The number of carbonyl (C=O) groups excluding carboxylic acids is 1. The van der Waals surface area contributed by atoms with Crippen molar-refractivity contribution >= 4 is 24.2 Å². The maximum absolute atomic E-state index is 11.3. The molecule has 0 saturated heterocycles. The summed E-state index contributed by atoms with van der Waals surface area (Å²) >= 11 is 4.24. The summed E-state index contributed by atoms with van der Waals surface area (Å²) in [7, 11) is 0. The van der Waals surface area contributed by atoms with Gasteiger partial charge in [-0.15, -0.1) is 0 Å². The van der Waals surface area contributed by atoms with E-state index < -0.39 is 0 Å². The zero-order valence-corrected chi connectivity index (χ0v) is 8.48. The maximum Gasteiger partial charge on any atom is 0.241 e. The Kier molecular flexibility index (Phi) is 1.84. The fraction of sp³-hybridized carbons (Fsp3) is 0.300. The standard InChI is InChI=1S/C10H11NOS/c1-5-3-4-7-8(6(5)2)11-10(12)9(7)13/h3-4,9,13H,1-2H3,(H,11,12). The smallest absolute Gasteiger partial charge is 0.241 e. The molecule has 1 aliphatic rings. The lowest BCUT2D eigenvalue weighted by Gasteiger charge is -2.06. The lowest BCUT2D eigenvalue weighted by Crippen LogP contribution is -2.07. The molecule has 1 aromatic carbocycles. The summed E-state index contributed by atoms with van der Waals surface area (Å²) in [5, 5.41) is 2.54. The van der Waals surface area contributed by atoms with Gasteiger partial charge in [-0.1, -0.05) is 12.1 Å². The van der Waals surface area contributed by atoms with Gasteiger partial charge in [0.1, 0.15) is 5.25 Å². The summed E-state index contributed by atoms with van der Waals surface area (Å²) < 4.78 is 0. The summed E-state index contributed by atoms with van der Waals surface area (Å²) in [5.74, 6) is -0.0213. The van der Waals surface area contributed by atoms with Crippen LogP contribution < -0.4 is 5.32 Å². The number of carbonyl (C=O) groups is 1. The first-order chi connectivity index (χ1) is 6.11. The highest BCUT2D eigenvalue weighted by molar-refractivity contribution is 7.81. The number of amides is 1. The summed E-state index contributed by atoms with van der Waals surface area (Å²) in [6.45, 7) is 4.05. The van der Waals surface area contributed by atoms with Gasteiger partial charge in [-0.25, -0.2) is 0 Å². The van der Waals surface area contributed by atoms with E-state index in [9.17, 15) is 4.79 Å². The van der Waals surface area contributed by atoms with Crippen LogP contribution in [-0.4, -0.2) is 5.91 Å². The molecule has 13 heavy (non-hydrogen) atoms. The van der Waals surface area contributed by atoms with Gasteiger partial charge in [0.05, 0.1) is 0 Å². The first kappa shape index (κ1) is 8.63. The maximum atomic E-state index is 11.3. The molecule has 0 aromatic heterocycles. The number of benzene rings is 1. The van der Waals surface area contributed by atoms with Crippen LogP contribution >= 0.6 is 12.6 Å². The first-order valence-electron chi connectivity index (χ1n) is 4.20. The molecule has 2 nitrogen and oxygen atoms in total. The van der Waals surface area contributed by atoms with Gasteiger partial charge < -0.3 is 5.32 Å². The molecule has 1 aromatic rings. The van der Waals surface area contributed by atoms with Gasteiger partial charge >= 0.3 is 0 Å². The number of aryl methyl sites for hydroxylation is 1. The van der Waals surface area contributed by atoms with Crippen LogP contribution in [-0.2, 0) is 4.79 Å². The minimum Gasteiger partial charge on any atom is -0.324 e. The SMILES string of the molecule is Cc1ccc2c(c1C)NC(=O)C2S. The van der Waals surface area contributed by atoms with Gasteiger partial charge in [0.25, 0.3) is 0 Å². The number of anilines is 1. The molecule has 0 spiro atoms. The fourth-order valence-electron chi connectivity index (χ4n) is 1.56. The van der Waals surface area contributed by atoms with E-state index in [1.54, 1.807) is 0 Å². The number of nitrogens with one attached hydrogen (secondary N) is 1. The van der Waals surface area contributed by atoms with Crippen molar-refractivity contribution in [3.8, 4) is 0 Å². The van der Waals surface area contributed by atoms with E-state index in [1.165, 1.54) is 5.56 Å². The molecule has 3 heteroatoms. The second kappa shape index (κ2) is 2.77. The number of fused-ring (bicyclic) bond motifs is 1. The molecule has 1 aliphatic heterocycles. The predicted octanol–water partition coefficient (Wildman–Crippen LogP) is 2.23. The van der Waals surface area contributed by atoms with E-state index >= 15 is 0 Å². The van der Waals surface area contributed by atoms with Crippen LogP contribution in [0.15, 0.2) is 12.1 Å². The van der Waals surface area contributed by atoms with Gasteiger partial charge in [-0.05, 0) is 30.5 Å². The molecule has 1 amide bonds. The van der Waals surface area contributed by atoms with Crippen LogP contribution in [0.5, 0.6) is 0 Å². The van der Waals surface area contributed by atoms with Crippen LogP contribution in [0.3, 0.4) is 0 Å². The van der Waals surface area contributed by atoms with Gasteiger partial charge in [0.2, 0.25) is 5.91 Å². The van der Waals surface area contributed by atoms with Crippen molar-refractivity contribution in [2.24, 2.45) is 0 Å². The molecule has 0 aliphatic carbocycles. The summed E-state index contributed by atoms with van der Waals surface area (Å²) in [6, 6.07) is 3.99. The van der Waals surface area contributed by atoms with Crippen molar-refractivity contribution in [1.29, 1.82) is 0 Å².